The number of fused-ring (bicyclic) bond motifs is 1. The normalized spacial score (nSPS) is 17.8. The molecule has 33 heavy (non-hydrogen) atoms. The van der Waals surface area contributed by atoms with Gasteiger partial charge in [0.05, 0.1) is 10.2 Å². The lowest BCUT2D eigenvalue weighted by molar-refractivity contribution is -0.141. The number of carbonyl (C=O) groups is 1. The Morgan fingerprint density at radius 1 is 1.18 bits per heavy atom. The molecule has 0 bridgehead atoms. The average molecular weight is 485 g/mol. The highest BCUT2D eigenvalue weighted by atomic mass is 32.1. The van der Waals surface area contributed by atoms with Gasteiger partial charge in [0.25, 0.3) is 5.92 Å². The first-order valence-corrected chi connectivity index (χ1v) is 11.0. The third-order valence-electron chi connectivity index (χ3n) is 5.53. The van der Waals surface area contributed by atoms with Gasteiger partial charge >= 0.3 is 6.18 Å². The molecular weight excluding hydrogens is 465 g/mol. The van der Waals surface area contributed by atoms with E-state index in [0.29, 0.717) is 31.6 Å². The number of halogens is 5. The number of alkyl halides is 5. The Balaban J connectivity index is 1.54. The molecule has 1 saturated heterocycles. The van der Waals surface area contributed by atoms with E-state index in [4.69, 9.17) is 5.73 Å². The molecule has 1 aliphatic rings. The summed E-state index contributed by atoms with van der Waals surface area (Å²) < 4.78 is 66.4. The highest BCUT2D eigenvalue weighted by Crippen LogP contribution is 2.33. The Morgan fingerprint density at radius 2 is 1.91 bits per heavy atom. The van der Waals surface area contributed by atoms with Gasteiger partial charge in [-0.3, -0.25) is 4.79 Å². The summed E-state index contributed by atoms with van der Waals surface area (Å²) in [6.07, 6.45) is -3.40. The fourth-order valence-corrected chi connectivity index (χ4v) is 4.82. The van der Waals surface area contributed by atoms with E-state index in [1.54, 1.807) is 6.07 Å². The zero-order chi connectivity index (χ0) is 23.8. The summed E-state index contributed by atoms with van der Waals surface area (Å²) in [4.78, 5) is 25.8. The van der Waals surface area contributed by atoms with Crippen LogP contribution in [0.1, 0.15) is 40.8 Å². The van der Waals surface area contributed by atoms with Crippen molar-refractivity contribution in [2.24, 2.45) is 5.73 Å². The molecule has 1 aliphatic heterocycles. The molecule has 0 aliphatic carbocycles. The molecule has 1 unspecified atom stereocenters. The summed E-state index contributed by atoms with van der Waals surface area (Å²) >= 11 is 1.13. The highest BCUT2D eigenvalue weighted by molar-refractivity contribution is 7.18. The first-order chi connectivity index (χ1) is 15.5. The molecular formula is C21H20F5N5OS. The second kappa shape index (κ2) is 8.90. The average Bonchev–Trinajstić information content (AvgIpc) is 3.15. The number of benzene rings is 1. The van der Waals surface area contributed by atoms with Gasteiger partial charge in [-0.25, -0.2) is 23.7 Å². The Hall–Kier alpha value is -2.73. The van der Waals surface area contributed by atoms with E-state index in [1.807, 2.05) is 17.0 Å². The van der Waals surface area contributed by atoms with Gasteiger partial charge in [0, 0.05) is 38.7 Å². The maximum Gasteiger partial charge on any atom is 0.433 e. The van der Waals surface area contributed by atoms with Gasteiger partial charge in [0.2, 0.25) is 5.91 Å². The number of nitrogens with two attached hydrogens (primary N) is 1. The molecule has 2 aromatic heterocycles. The molecule has 3 aromatic rings. The van der Waals surface area contributed by atoms with Gasteiger partial charge in [0.15, 0.2) is 0 Å². The van der Waals surface area contributed by atoms with Crippen molar-refractivity contribution >= 4 is 27.5 Å². The zero-order valence-corrected chi connectivity index (χ0v) is 18.1. The molecule has 2 N–H and O–H groups in total. The molecule has 1 amide bonds. The molecule has 3 heterocycles. The summed E-state index contributed by atoms with van der Waals surface area (Å²) in [7, 11) is 0. The topological polar surface area (TPSA) is 85.0 Å². The van der Waals surface area contributed by atoms with Gasteiger partial charge in [-0.15, -0.1) is 11.3 Å². The van der Waals surface area contributed by atoms with E-state index >= 15 is 0 Å². The summed E-state index contributed by atoms with van der Waals surface area (Å²) in [5.41, 5.74) is 5.82. The van der Waals surface area contributed by atoms with Crippen LogP contribution in [0.15, 0.2) is 30.5 Å². The van der Waals surface area contributed by atoms with Crippen LogP contribution >= 0.6 is 11.3 Å². The minimum absolute atomic E-state index is 0.143. The summed E-state index contributed by atoms with van der Waals surface area (Å²) in [5.74, 6) is -5.17. The van der Waals surface area contributed by atoms with Crippen molar-refractivity contribution in [2.45, 2.75) is 37.3 Å². The number of thiazole rings is 1. The van der Waals surface area contributed by atoms with Crippen LogP contribution in [0.2, 0.25) is 0 Å². The van der Waals surface area contributed by atoms with Crippen LogP contribution in [0, 0.1) is 0 Å². The van der Waals surface area contributed by atoms with Crippen molar-refractivity contribution in [3.05, 3.63) is 52.6 Å². The van der Waals surface area contributed by atoms with Crippen molar-refractivity contribution in [2.75, 3.05) is 19.6 Å². The van der Waals surface area contributed by atoms with Crippen LogP contribution in [0.5, 0.6) is 0 Å². The van der Waals surface area contributed by atoms with Crippen molar-refractivity contribution in [1.29, 1.82) is 0 Å². The van der Waals surface area contributed by atoms with E-state index in [1.165, 1.54) is 0 Å². The molecule has 1 atom stereocenters. The fraction of sp³-hybridized carbons (Fsp3) is 0.429. The van der Waals surface area contributed by atoms with Crippen molar-refractivity contribution in [3.63, 3.8) is 0 Å². The number of hydrogen-bond acceptors (Lipinski definition) is 6. The predicted molar refractivity (Wildman–Crippen MR) is 112 cm³/mol. The van der Waals surface area contributed by atoms with Crippen LogP contribution in [0.4, 0.5) is 22.0 Å². The molecule has 1 fully saturated rings. The Morgan fingerprint density at radius 3 is 2.58 bits per heavy atom. The lowest BCUT2D eigenvalue weighted by Gasteiger charge is -2.31. The summed E-state index contributed by atoms with van der Waals surface area (Å²) in [5, 5.41) is 0.201. The van der Waals surface area contributed by atoms with Gasteiger partial charge in [0.1, 0.15) is 22.4 Å². The zero-order valence-electron chi connectivity index (χ0n) is 17.3. The van der Waals surface area contributed by atoms with Crippen molar-refractivity contribution < 1.29 is 26.7 Å². The van der Waals surface area contributed by atoms with Crippen LogP contribution in [-0.4, -0.2) is 51.3 Å². The van der Waals surface area contributed by atoms with E-state index in [-0.39, 0.29) is 23.7 Å². The van der Waals surface area contributed by atoms with Crippen LogP contribution in [0.25, 0.3) is 10.2 Å². The molecule has 0 saturated carbocycles. The largest absolute Gasteiger partial charge is 0.433 e. The van der Waals surface area contributed by atoms with Crippen molar-refractivity contribution in [1.82, 2.24) is 19.9 Å². The Bertz CT molecular complexity index is 1160. The molecule has 0 radical (unpaired) electrons. The number of aromatic nitrogens is 3. The Labute approximate surface area is 189 Å². The third-order valence-corrected chi connectivity index (χ3v) is 6.61. The van der Waals surface area contributed by atoms with Gasteiger partial charge in [-0.1, -0.05) is 6.07 Å². The Kier molecular flexibility index (Phi) is 6.32. The van der Waals surface area contributed by atoms with E-state index in [2.05, 4.69) is 15.0 Å². The number of amides is 1. The standard InChI is InChI=1S/C21H20F5N5OS/c22-20(23)5-9-31(10-6-20)8-4-12-1-2-13-14(11-12)33-19(29-13)16(17(27)32)18-28-7-3-15(30-18)21(24,25)26/h1-3,7,11,16H,4-6,8-10H2,(H2,27,32). The molecule has 176 valence electrons. The quantitative estimate of drug-likeness (QED) is 0.534. The van der Waals surface area contributed by atoms with Crippen LogP contribution < -0.4 is 5.73 Å². The number of piperidine rings is 1. The predicted octanol–water partition coefficient (Wildman–Crippen LogP) is 4.00. The lowest BCUT2D eigenvalue weighted by atomic mass is 10.1. The molecule has 6 nitrogen and oxygen atoms in total. The van der Waals surface area contributed by atoms with Crippen molar-refractivity contribution in [3.8, 4) is 0 Å². The van der Waals surface area contributed by atoms with Gasteiger partial charge in [-0.2, -0.15) is 13.2 Å². The number of hydrogen-bond donors (Lipinski definition) is 1. The molecule has 12 heteroatoms. The third kappa shape index (κ3) is 5.44. The van der Waals surface area contributed by atoms with Crippen LogP contribution in [0.3, 0.4) is 0 Å². The van der Waals surface area contributed by atoms with Gasteiger partial charge < -0.3 is 10.6 Å². The van der Waals surface area contributed by atoms with E-state index in [0.717, 1.165) is 33.9 Å². The molecule has 1 aromatic carbocycles. The molecule has 4 rings (SSSR count). The first-order valence-electron chi connectivity index (χ1n) is 10.2. The number of primary amides is 1. The number of rotatable bonds is 6. The number of likely N-dealkylation sites (tertiary alicyclic amines) is 1. The minimum atomic E-state index is -4.69. The fourth-order valence-electron chi connectivity index (χ4n) is 3.69. The monoisotopic (exact) mass is 485 g/mol. The number of carbonyl (C=O) groups excluding carboxylic acids is 1. The lowest BCUT2D eigenvalue weighted by Crippen LogP contribution is -2.40. The second-order valence-corrected chi connectivity index (χ2v) is 9.00. The van der Waals surface area contributed by atoms with Crippen LogP contribution in [-0.2, 0) is 17.4 Å². The summed E-state index contributed by atoms with van der Waals surface area (Å²) in [6, 6.07) is 6.19. The summed E-state index contributed by atoms with van der Waals surface area (Å²) in [6.45, 7) is 1.32. The van der Waals surface area contributed by atoms with E-state index in [9.17, 15) is 26.7 Å². The van der Waals surface area contributed by atoms with E-state index < -0.39 is 29.6 Å². The smallest absolute Gasteiger partial charge is 0.369 e. The van der Waals surface area contributed by atoms with Gasteiger partial charge in [-0.05, 0) is 30.2 Å². The number of nitrogens with zero attached hydrogens (tertiary/aromatic N) is 4. The maximum atomic E-state index is 13.3. The first kappa shape index (κ1) is 23.4. The minimum Gasteiger partial charge on any atom is -0.369 e. The second-order valence-electron chi connectivity index (χ2n) is 7.93. The molecule has 0 spiro atoms. The SMILES string of the molecule is NC(=O)C(c1nccc(C(F)(F)F)n1)c1nc2ccc(CCN3CCC(F)(F)CC3)cc2s1. The highest BCUT2D eigenvalue weighted by Gasteiger charge is 2.35. The maximum absolute atomic E-state index is 13.3.